The fraction of sp³-hybridized carbons (Fsp3) is 0.286. The minimum atomic E-state index is -0.186. The molecule has 0 aliphatic carbocycles. The van der Waals surface area contributed by atoms with Crippen molar-refractivity contribution in [2.45, 2.75) is 0 Å². The number of H-pyrrole nitrogens is 1. The van der Waals surface area contributed by atoms with E-state index >= 15 is 0 Å². The molecule has 0 saturated carbocycles. The predicted octanol–water partition coefficient (Wildman–Crippen LogP) is 4.33. The molecular formula is C28H32BrN9O. The van der Waals surface area contributed by atoms with Gasteiger partial charge in [-0.1, -0.05) is 24.3 Å². The SMILES string of the molecule is CN(C)C/C=C/C(=O)Nc1cccc(-c2nc(Nc3cccc(N4CCN(C)CC4)c3)nc3[nH]nc(Br)c23)c1. The third kappa shape index (κ3) is 6.62. The number of aromatic amines is 1. The van der Waals surface area contributed by atoms with Crippen LogP contribution < -0.4 is 15.5 Å². The zero-order valence-electron chi connectivity index (χ0n) is 22.3. The maximum Gasteiger partial charge on any atom is 0.248 e. The van der Waals surface area contributed by atoms with E-state index in [0.717, 1.165) is 42.8 Å². The molecular weight excluding hydrogens is 558 g/mol. The molecule has 202 valence electrons. The Bertz CT molecular complexity index is 1490. The minimum absolute atomic E-state index is 0.186. The summed E-state index contributed by atoms with van der Waals surface area (Å²) in [6.45, 7) is 4.76. The van der Waals surface area contributed by atoms with Gasteiger partial charge in [0.05, 0.1) is 11.1 Å². The van der Waals surface area contributed by atoms with Gasteiger partial charge in [-0.2, -0.15) is 10.1 Å². The van der Waals surface area contributed by atoms with E-state index < -0.39 is 0 Å². The molecule has 3 heterocycles. The molecule has 5 rings (SSSR count). The number of nitrogens with one attached hydrogen (secondary N) is 3. The first-order chi connectivity index (χ1) is 18.9. The van der Waals surface area contributed by atoms with Crippen molar-refractivity contribution >= 4 is 55.9 Å². The van der Waals surface area contributed by atoms with E-state index in [4.69, 9.17) is 4.98 Å². The molecule has 4 aromatic rings. The number of likely N-dealkylation sites (N-methyl/N-ethyl adjacent to an activating group) is 2. The van der Waals surface area contributed by atoms with Crippen molar-refractivity contribution in [3.8, 4) is 11.3 Å². The number of amides is 1. The summed E-state index contributed by atoms with van der Waals surface area (Å²) in [5.74, 6) is 0.263. The third-order valence-corrected chi connectivity index (χ3v) is 7.06. The van der Waals surface area contributed by atoms with Gasteiger partial charge in [-0.25, -0.2) is 4.98 Å². The number of halogens is 1. The van der Waals surface area contributed by atoms with Crippen molar-refractivity contribution in [1.82, 2.24) is 30.0 Å². The van der Waals surface area contributed by atoms with Crippen LogP contribution in [0.3, 0.4) is 0 Å². The normalized spacial score (nSPS) is 14.4. The molecule has 10 nitrogen and oxygen atoms in total. The standard InChI is InChI=1S/C28H32BrN9O/c1-36(2)12-6-11-23(39)30-20-8-4-7-19(17-20)25-24-26(29)34-35-27(24)33-28(32-25)31-21-9-5-10-22(18-21)38-15-13-37(3)14-16-38/h4-11,17-18H,12-16H2,1-3H3,(H,30,39)(H2,31,32,33,34,35)/b11-6+. The van der Waals surface area contributed by atoms with E-state index in [-0.39, 0.29) is 5.91 Å². The predicted molar refractivity (Wildman–Crippen MR) is 161 cm³/mol. The molecule has 39 heavy (non-hydrogen) atoms. The molecule has 11 heteroatoms. The molecule has 1 aliphatic rings. The first-order valence-corrected chi connectivity index (χ1v) is 13.6. The van der Waals surface area contributed by atoms with E-state index in [1.54, 1.807) is 6.08 Å². The van der Waals surface area contributed by atoms with E-state index in [1.165, 1.54) is 5.69 Å². The van der Waals surface area contributed by atoms with Crippen LogP contribution in [0.15, 0.2) is 65.3 Å². The summed E-state index contributed by atoms with van der Waals surface area (Å²) < 4.78 is 0.622. The molecule has 1 amide bonds. The molecule has 0 spiro atoms. The number of hydrogen-bond donors (Lipinski definition) is 3. The first kappa shape index (κ1) is 26.8. The van der Waals surface area contributed by atoms with Crippen molar-refractivity contribution in [1.29, 1.82) is 0 Å². The molecule has 2 aromatic heterocycles. The molecule has 0 radical (unpaired) electrons. The fourth-order valence-corrected chi connectivity index (χ4v) is 4.90. The Morgan fingerprint density at radius 1 is 1.08 bits per heavy atom. The molecule has 2 aromatic carbocycles. The highest BCUT2D eigenvalue weighted by Crippen LogP contribution is 2.33. The number of hydrogen-bond acceptors (Lipinski definition) is 8. The Morgan fingerprint density at radius 2 is 1.85 bits per heavy atom. The molecule has 0 unspecified atom stereocenters. The topological polar surface area (TPSA) is 105 Å². The van der Waals surface area contributed by atoms with Crippen LogP contribution in [0, 0.1) is 0 Å². The lowest BCUT2D eigenvalue weighted by Crippen LogP contribution is -2.44. The van der Waals surface area contributed by atoms with Crippen LogP contribution in [-0.2, 0) is 4.79 Å². The summed E-state index contributed by atoms with van der Waals surface area (Å²) in [5, 5.41) is 14.4. The maximum absolute atomic E-state index is 12.4. The van der Waals surface area contributed by atoms with Gasteiger partial charge in [0.1, 0.15) is 4.60 Å². The molecule has 1 aliphatic heterocycles. The summed E-state index contributed by atoms with van der Waals surface area (Å²) in [6, 6.07) is 15.9. The van der Waals surface area contributed by atoms with Crippen LogP contribution in [-0.4, -0.2) is 89.7 Å². The Morgan fingerprint density at radius 3 is 2.64 bits per heavy atom. The molecule has 0 bridgehead atoms. The number of benzene rings is 2. The van der Waals surface area contributed by atoms with Gasteiger partial charge in [0.25, 0.3) is 0 Å². The van der Waals surface area contributed by atoms with E-state index in [9.17, 15) is 4.79 Å². The number of carbonyl (C=O) groups is 1. The van der Waals surface area contributed by atoms with Crippen LogP contribution in [0.25, 0.3) is 22.3 Å². The number of anilines is 4. The van der Waals surface area contributed by atoms with Crippen LogP contribution in [0.1, 0.15) is 0 Å². The van der Waals surface area contributed by atoms with Gasteiger partial charge in [-0.05, 0) is 67.4 Å². The van der Waals surface area contributed by atoms with Gasteiger partial charge in [-0.15, -0.1) is 0 Å². The number of rotatable bonds is 8. The smallest absolute Gasteiger partial charge is 0.248 e. The van der Waals surface area contributed by atoms with Crippen molar-refractivity contribution in [3.05, 3.63) is 65.3 Å². The maximum atomic E-state index is 12.4. The van der Waals surface area contributed by atoms with Crippen LogP contribution in [0.5, 0.6) is 0 Å². The first-order valence-electron chi connectivity index (χ1n) is 12.8. The second kappa shape index (κ2) is 11.9. The lowest BCUT2D eigenvalue weighted by molar-refractivity contribution is -0.111. The zero-order chi connectivity index (χ0) is 27.4. The fourth-order valence-electron chi connectivity index (χ4n) is 4.43. The van der Waals surface area contributed by atoms with E-state index in [0.29, 0.717) is 34.1 Å². The molecule has 3 N–H and O–H groups in total. The quantitative estimate of drug-likeness (QED) is 0.261. The largest absolute Gasteiger partial charge is 0.369 e. The Balaban J connectivity index is 1.41. The van der Waals surface area contributed by atoms with Crippen molar-refractivity contribution in [2.24, 2.45) is 0 Å². The van der Waals surface area contributed by atoms with Crippen molar-refractivity contribution in [2.75, 3.05) is 69.4 Å². The highest BCUT2D eigenvalue weighted by molar-refractivity contribution is 9.10. The number of carbonyl (C=O) groups excluding carboxylic acids is 1. The summed E-state index contributed by atoms with van der Waals surface area (Å²) in [4.78, 5) is 28.7. The Hall–Kier alpha value is -3.80. The Labute approximate surface area is 236 Å². The second-order valence-corrected chi connectivity index (χ2v) is 10.6. The zero-order valence-corrected chi connectivity index (χ0v) is 23.9. The number of fused-ring (bicyclic) bond motifs is 1. The van der Waals surface area contributed by atoms with Gasteiger partial charge in [0.15, 0.2) is 5.65 Å². The van der Waals surface area contributed by atoms with Crippen molar-refractivity contribution in [3.63, 3.8) is 0 Å². The van der Waals surface area contributed by atoms with Gasteiger partial charge >= 0.3 is 0 Å². The highest BCUT2D eigenvalue weighted by Gasteiger charge is 2.18. The van der Waals surface area contributed by atoms with Crippen molar-refractivity contribution < 1.29 is 4.79 Å². The summed E-state index contributed by atoms with van der Waals surface area (Å²) in [6.07, 6.45) is 3.37. The van der Waals surface area contributed by atoms with Gasteiger partial charge in [-0.3, -0.25) is 9.89 Å². The number of piperazine rings is 1. The van der Waals surface area contributed by atoms with Gasteiger partial charge in [0, 0.05) is 61.4 Å². The summed E-state index contributed by atoms with van der Waals surface area (Å²) in [7, 11) is 6.06. The van der Waals surface area contributed by atoms with Crippen LogP contribution in [0.2, 0.25) is 0 Å². The average molecular weight is 591 g/mol. The second-order valence-electron chi connectivity index (χ2n) is 9.83. The lowest BCUT2D eigenvalue weighted by Gasteiger charge is -2.34. The Kier molecular flexibility index (Phi) is 8.20. The van der Waals surface area contributed by atoms with E-state index in [1.807, 2.05) is 61.5 Å². The summed E-state index contributed by atoms with van der Waals surface area (Å²) in [5.41, 5.74) is 4.87. The third-order valence-electron chi connectivity index (χ3n) is 6.49. The van der Waals surface area contributed by atoms with Crippen LogP contribution in [0.4, 0.5) is 23.0 Å². The van der Waals surface area contributed by atoms with Gasteiger partial charge < -0.3 is 25.3 Å². The van der Waals surface area contributed by atoms with Crippen LogP contribution >= 0.6 is 15.9 Å². The highest BCUT2D eigenvalue weighted by atomic mass is 79.9. The van der Waals surface area contributed by atoms with Gasteiger partial charge in [0.2, 0.25) is 11.9 Å². The molecule has 0 atom stereocenters. The molecule has 1 fully saturated rings. The minimum Gasteiger partial charge on any atom is -0.369 e. The summed E-state index contributed by atoms with van der Waals surface area (Å²) >= 11 is 3.53. The number of aromatic nitrogens is 4. The molecule has 1 saturated heterocycles. The average Bonchev–Trinajstić information content (AvgIpc) is 3.29. The monoisotopic (exact) mass is 589 g/mol. The number of nitrogens with zero attached hydrogens (tertiary/aromatic N) is 6. The van der Waals surface area contributed by atoms with E-state index in [2.05, 4.69) is 70.7 Å². The lowest BCUT2D eigenvalue weighted by atomic mass is 10.1.